The molecule has 0 saturated carbocycles. The van der Waals surface area contributed by atoms with Crippen LogP contribution in [0.3, 0.4) is 0 Å². The van der Waals surface area contributed by atoms with Gasteiger partial charge in [-0.2, -0.15) is 9.40 Å². The summed E-state index contributed by atoms with van der Waals surface area (Å²) in [6, 6.07) is 22.8. The van der Waals surface area contributed by atoms with E-state index in [2.05, 4.69) is 4.99 Å². The van der Waals surface area contributed by atoms with Gasteiger partial charge in [0.15, 0.2) is 4.80 Å². The number of fused-ring (bicyclic) bond motifs is 1. The number of sulfonamides is 1. The van der Waals surface area contributed by atoms with Gasteiger partial charge in [-0.3, -0.25) is 9.36 Å². The Kier molecular flexibility index (Phi) is 9.12. The number of para-hydroxylation sites is 1. The predicted molar refractivity (Wildman–Crippen MR) is 190 cm³/mol. The fraction of sp³-hybridized carbons (Fsp3) is 0.243. The second-order valence-corrected chi connectivity index (χ2v) is 15.0. The number of carbonyl (C=O) groups is 1. The Hall–Kier alpha value is -5.11. The number of methoxy groups -OCH3 is 2. The van der Waals surface area contributed by atoms with Gasteiger partial charge in [0.25, 0.3) is 5.56 Å². The quantitative estimate of drug-likeness (QED) is 0.218. The molecule has 0 spiro atoms. The molecule has 4 heterocycles. The molecule has 1 atom stereocenters. The number of rotatable bonds is 8. The SMILES string of the molecule is COC(=O)C1=C(C)N=c2sc(=Cc3cn(-c4ccccc4)nc3-c3ccc(S(=O)(=O)N4CCCCC4)cc3)c(=O)n2C1c1ccc(OC)cc1. The lowest BCUT2D eigenvalue weighted by Crippen LogP contribution is -2.39. The maximum absolute atomic E-state index is 14.3. The molecule has 13 heteroatoms. The van der Waals surface area contributed by atoms with Crippen LogP contribution in [-0.4, -0.2) is 60.3 Å². The molecule has 11 nitrogen and oxygen atoms in total. The Morgan fingerprint density at radius 3 is 2.30 bits per heavy atom. The summed E-state index contributed by atoms with van der Waals surface area (Å²) >= 11 is 1.21. The van der Waals surface area contributed by atoms with Gasteiger partial charge in [-0.15, -0.1) is 0 Å². The third kappa shape index (κ3) is 6.12. The third-order valence-electron chi connectivity index (χ3n) is 8.99. The van der Waals surface area contributed by atoms with Crippen LogP contribution in [0.5, 0.6) is 5.75 Å². The summed E-state index contributed by atoms with van der Waals surface area (Å²) in [5, 5.41) is 4.89. The molecule has 0 amide bonds. The number of nitrogens with zero attached hydrogens (tertiary/aromatic N) is 5. The number of benzene rings is 3. The van der Waals surface area contributed by atoms with Crippen LogP contribution in [0.4, 0.5) is 0 Å². The fourth-order valence-electron chi connectivity index (χ4n) is 6.40. The van der Waals surface area contributed by atoms with Crippen molar-refractivity contribution >= 4 is 33.4 Å². The number of allylic oxidation sites excluding steroid dienone is 1. The van der Waals surface area contributed by atoms with Crippen molar-refractivity contribution in [3.63, 3.8) is 0 Å². The molecule has 0 aliphatic carbocycles. The Morgan fingerprint density at radius 1 is 0.940 bits per heavy atom. The summed E-state index contributed by atoms with van der Waals surface area (Å²) in [5.41, 5.74) is 3.83. The molecule has 0 N–H and O–H groups in total. The normalized spacial score (nSPS) is 16.9. The van der Waals surface area contributed by atoms with Crippen molar-refractivity contribution < 1.29 is 22.7 Å². The summed E-state index contributed by atoms with van der Waals surface area (Å²) < 4.78 is 42.4. The van der Waals surface area contributed by atoms with Gasteiger partial charge in [0, 0.05) is 30.4 Å². The maximum atomic E-state index is 14.3. The molecule has 2 aliphatic rings. The number of piperidine rings is 1. The Bertz CT molecular complexity index is 2390. The topological polar surface area (TPSA) is 125 Å². The largest absolute Gasteiger partial charge is 0.497 e. The highest BCUT2D eigenvalue weighted by atomic mass is 32.2. The minimum atomic E-state index is -3.61. The van der Waals surface area contributed by atoms with E-state index in [-0.39, 0.29) is 16.0 Å². The van der Waals surface area contributed by atoms with Gasteiger partial charge in [0.2, 0.25) is 10.0 Å². The first-order chi connectivity index (χ1) is 24.2. The minimum Gasteiger partial charge on any atom is -0.497 e. The molecule has 1 unspecified atom stereocenters. The lowest BCUT2D eigenvalue weighted by atomic mass is 9.96. The number of hydrogen-bond acceptors (Lipinski definition) is 9. The molecule has 5 aromatic rings. The molecule has 1 saturated heterocycles. The molecule has 7 rings (SSSR count). The first-order valence-electron chi connectivity index (χ1n) is 16.2. The van der Waals surface area contributed by atoms with Crippen LogP contribution in [0.2, 0.25) is 0 Å². The van der Waals surface area contributed by atoms with E-state index < -0.39 is 22.0 Å². The number of thiazole rings is 1. The van der Waals surface area contributed by atoms with E-state index in [0.29, 0.717) is 56.3 Å². The van der Waals surface area contributed by atoms with Crippen LogP contribution in [0, 0.1) is 0 Å². The number of ether oxygens (including phenoxy) is 2. The first-order valence-corrected chi connectivity index (χ1v) is 18.5. The van der Waals surface area contributed by atoms with Crippen LogP contribution in [0.25, 0.3) is 23.0 Å². The summed E-state index contributed by atoms with van der Waals surface area (Å²) in [5.74, 6) is 0.0695. The smallest absolute Gasteiger partial charge is 0.338 e. The second-order valence-electron chi connectivity index (χ2n) is 12.0. The second kappa shape index (κ2) is 13.7. The third-order valence-corrected chi connectivity index (χ3v) is 11.9. The monoisotopic (exact) mass is 709 g/mol. The summed E-state index contributed by atoms with van der Waals surface area (Å²) in [6.45, 7) is 2.77. The van der Waals surface area contributed by atoms with Crippen molar-refractivity contribution in [2.75, 3.05) is 27.3 Å². The van der Waals surface area contributed by atoms with E-state index in [9.17, 15) is 18.0 Å². The molecule has 2 aliphatic heterocycles. The van der Waals surface area contributed by atoms with Gasteiger partial charge >= 0.3 is 5.97 Å². The molecular weight excluding hydrogens is 675 g/mol. The van der Waals surface area contributed by atoms with Crippen LogP contribution >= 0.6 is 11.3 Å². The zero-order chi connectivity index (χ0) is 35.0. The zero-order valence-corrected chi connectivity index (χ0v) is 29.4. The van der Waals surface area contributed by atoms with Gasteiger partial charge in [-0.25, -0.2) is 22.9 Å². The van der Waals surface area contributed by atoms with E-state index in [1.54, 1.807) is 65.5 Å². The van der Waals surface area contributed by atoms with Crippen LogP contribution in [-0.2, 0) is 19.6 Å². The molecule has 50 heavy (non-hydrogen) atoms. The minimum absolute atomic E-state index is 0.232. The van der Waals surface area contributed by atoms with Crippen molar-refractivity contribution in [2.45, 2.75) is 37.1 Å². The van der Waals surface area contributed by atoms with Crippen LogP contribution in [0.15, 0.2) is 111 Å². The standard InChI is InChI=1S/C37H35N5O6S2/c1-24-32(36(44)48-3)34(26-12-16-29(47-2)17-13-26)42-35(43)31(49-37(42)38-24)22-27-23-41(28-10-6-4-7-11-28)39-33(27)25-14-18-30(19-15-25)50(45,46)40-20-8-5-9-21-40/h4,6-7,10-19,22-23,34H,5,8-9,20-21H2,1-3H3. The van der Waals surface area contributed by atoms with Crippen molar-refractivity contribution in [3.8, 4) is 22.7 Å². The van der Waals surface area contributed by atoms with Gasteiger partial charge in [0.05, 0.1) is 52.3 Å². The zero-order valence-electron chi connectivity index (χ0n) is 27.8. The van der Waals surface area contributed by atoms with Gasteiger partial charge < -0.3 is 9.47 Å². The lowest BCUT2D eigenvalue weighted by molar-refractivity contribution is -0.136. The first kappa shape index (κ1) is 33.4. The van der Waals surface area contributed by atoms with E-state index >= 15 is 0 Å². The van der Waals surface area contributed by atoms with Gasteiger partial charge in [-0.05, 0) is 67.8 Å². The van der Waals surface area contributed by atoms with Crippen LogP contribution < -0.4 is 19.6 Å². The van der Waals surface area contributed by atoms with E-state index in [1.807, 2.05) is 48.7 Å². The average molecular weight is 710 g/mol. The van der Waals surface area contributed by atoms with Crippen molar-refractivity contribution in [1.29, 1.82) is 0 Å². The molecule has 256 valence electrons. The highest BCUT2D eigenvalue weighted by Gasteiger charge is 2.33. The summed E-state index contributed by atoms with van der Waals surface area (Å²) in [7, 11) is -0.734. The van der Waals surface area contributed by atoms with Crippen molar-refractivity contribution in [2.24, 2.45) is 4.99 Å². The van der Waals surface area contributed by atoms with Gasteiger partial charge in [0.1, 0.15) is 5.75 Å². The Labute approximate surface area is 293 Å². The lowest BCUT2D eigenvalue weighted by Gasteiger charge is -2.25. The molecule has 0 bridgehead atoms. The molecule has 1 fully saturated rings. The highest BCUT2D eigenvalue weighted by molar-refractivity contribution is 7.89. The number of hydrogen-bond donors (Lipinski definition) is 0. The molecule has 0 radical (unpaired) electrons. The summed E-state index contributed by atoms with van der Waals surface area (Å²) in [4.78, 5) is 32.7. The predicted octanol–water partition coefficient (Wildman–Crippen LogP) is 4.44. The molecule has 2 aromatic heterocycles. The van der Waals surface area contributed by atoms with E-state index in [4.69, 9.17) is 14.6 Å². The summed E-state index contributed by atoms with van der Waals surface area (Å²) in [6.07, 6.45) is 6.35. The van der Waals surface area contributed by atoms with Crippen molar-refractivity contribution in [1.82, 2.24) is 18.7 Å². The van der Waals surface area contributed by atoms with Gasteiger partial charge in [-0.1, -0.05) is 60.2 Å². The number of esters is 1. The van der Waals surface area contributed by atoms with E-state index in [1.165, 1.54) is 23.0 Å². The highest BCUT2D eigenvalue weighted by Crippen LogP contribution is 2.32. The number of carbonyl (C=O) groups excluding carboxylic acids is 1. The fourth-order valence-corrected chi connectivity index (χ4v) is 8.96. The molecule has 3 aromatic carbocycles. The van der Waals surface area contributed by atoms with Crippen molar-refractivity contribution in [3.05, 3.63) is 127 Å². The average Bonchev–Trinajstić information content (AvgIpc) is 3.71. The Balaban J connectivity index is 1.36. The number of aromatic nitrogens is 3. The Morgan fingerprint density at radius 2 is 1.64 bits per heavy atom. The van der Waals surface area contributed by atoms with Crippen LogP contribution in [0.1, 0.15) is 43.4 Å². The van der Waals surface area contributed by atoms with E-state index in [0.717, 1.165) is 24.9 Å². The molecular formula is C37H35N5O6S2. The maximum Gasteiger partial charge on any atom is 0.338 e.